The van der Waals surface area contributed by atoms with Crippen molar-refractivity contribution in [2.45, 2.75) is 162 Å². The number of fused-ring (bicyclic) bond motifs is 5. The minimum Gasteiger partial charge on any atom is -0.391 e. The molecular weight excluding hydrogens is 488 g/mol. The maximum absolute atomic E-state index is 10.6. The first-order valence-electron chi connectivity index (χ1n) is 16.7. The van der Waals surface area contributed by atoms with E-state index in [0.717, 1.165) is 48.3 Å². The van der Waals surface area contributed by atoms with E-state index in [1.165, 1.54) is 64.2 Å². The lowest BCUT2D eigenvalue weighted by atomic mass is 9.43. The maximum Gasteiger partial charge on any atom is 0.187 e. The van der Waals surface area contributed by atoms with E-state index in [0.29, 0.717) is 16.7 Å². The highest BCUT2D eigenvalue weighted by Crippen LogP contribution is 2.69. The summed E-state index contributed by atoms with van der Waals surface area (Å²) in [7, 11) is 0. The largest absolute Gasteiger partial charge is 0.391 e. The van der Waals surface area contributed by atoms with Gasteiger partial charge in [-0.25, -0.2) is 0 Å². The highest BCUT2D eigenvalue weighted by Gasteiger charge is 2.62. The molecule has 226 valence electrons. The van der Waals surface area contributed by atoms with E-state index in [4.69, 9.17) is 9.47 Å². The molecule has 4 saturated carbocycles. The Labute approximate surface area is 238 Å². The van der Waals surface area contributed by atoms with Crippen LogP contribution in [0.25, 0.3) is 0 Å². The molecule has 1 aliphatic heterocycles. The number of aliphatic hydroxyl groups excluding tert-OH is 3. The molecule has 3 N–H and O–H groups in total. The van der Waals surface area contributed by atoms with Gasteiger partial charge in [0.1, 0.15) is 18.3 Å². The first-order chi connectivity index (χ1) is 18.3. The third kappa shape index (κ3) is 5.39. The summed E-state index contributed by atoms with van der Waals surface area (Å²) in [5, 5.41) is 30.9. The monoisotopic (exact) mass is 548 g/mol. The van der Waals surface area contributed by atoms with Gasteiger partial charge in [0.2, 0.25) is 0 Å². The fourth-order valence-electron chi connectivity index (χ4n) is 11.0. The van der Waals surface area contributed by atoms with Crippen LogP contribution in [0.15, 0.2) is 0 Å². The van der Waals surface area contributed by atoms with Gasteiger partial charge in [-0.15, -0.1) is 0 Å². The van der Waals surface area contributed by atoms with Gasteiger partial charge in [0.05, 0.1) is 11.7 Å². The van der Waals surface area contributed by atoms with Crippen LogP contribution in [0.4, 0.5) is 0 Å². The Morgan fingerprint density at radius 2 is 1.54 bits per heavy atom. The average molecular weight is 549 g/mol. The summed E-state index contributed by atoms with van der Waals surface area (Å²) >= 11 is 0. The van der Waals surface area contributed by atoms with E-state index in [1.807, 2.05) is 0 Å². The smallest absolute Gasteiger partial charge is 0.187 e. The van der Waals surface area contributed by atoms with Gasteiger partial charge in [0.15, 0.2) is 6.29 Å². The van der Waals surface area contributed by atoms with Gasteiger partial charge in [0.25, 0.3) is 0 Å². The predicted molar refractivity (Wildman–Crippen MR) is 155 cm³/mol. The SMILES string of the molecule is CC(C)CCC[C@@H](C)[C@H]1CC[C@H]2[C@@H]3CC[C@H]4C[C@@](C)(O[C@H]5O[C@H]([C@H](C)O)[C@@H](O)[C@@H]5O)CC[C@]4(C)[C@H]3CC[C@]12C. The van der Waals surface area contributed by atoms with Crippen molar-refractivity contribution in [3.63, 3.8) is 0 Å². The van der Waals surface area contributed by atoms with Crippen LogP contribution >= 0.6 is 0 Å². The Hall–Kier alpha value is -0.200. The Bertz CT molecular complexity index is 845. The molecule has 4 aliphatic carbocycles. The van der Waals surface area contributed by atoms with Gasteiger partial charge in [-0.05, 0) is 124 Å². The molecule has 5 rings (SSSR count). The third-order valence-electron chi connectivity index (χ3n) is 13.3. The van der Waals surface area contributed by atoms with Crippen LogP contribution in [-0.2, 0) is 9.47 Å². The average Bonchev–Trinajstić information content (AvgIpc) is 3.36. The molecule has 5 aliphatic rings. The quantitative estimate of drug-likeness (QED) is 0.314. The molecule has 14 atom stereocenters. The Morgan fingerprint density at radius 1 is 0.821 bits per heavy atom. The Morgan fingerprint density at radius 3 is 2.21 bits per heavy atom. The summed E-state index contributed by atoms with van der Waals surface area (Å²) in [4.78, 5) is 0. The van der Waals surface area contributed by atoms with E-state index in [9.17, 15) is 15.3 Å². The van der Waals surface area contributed by atoms with Crippen molar-refractivity contribution in [2.75, 3.05) is 0 Å². The van der Waals surface area contributed by atoms with E-state index >= 15 is 0 Å². The van der Waals surface area contributed by atoms with Crippen molar-refractivity contribution in [1.82, 2.24) is 0 Å². The van der Waals surface area contributed by atoms with Crippen LogP contribution in [0.1, 0.15) is 126 Å². The Balaban J connectivity index is 1.23. The summed E-state index contributed by atoms with van der Waals surface area (Å²) in [6.45, 7) is 16.3. The van der Waals surface area contributed by atoms with Crippen molar-refractivity contribution in [3.8, 4) is 0 Å². The lowest BCUT2D eigenvalue weighted by molar-refractivity contribution is -0.253. The van der Waals surface area contributed by atoms with E-state index in [2.05, 4.69) is 41.5 Å². The van der Waals surface area contributed by atoms with Gasteiger partial charge < -0.3 is 24.8 Å². The lowest BCUT2D eigenvalue weighted by Gasteiger charge is -2.62. The van der Waals surface area contributed by atoms with Crippen molar-refractivity contribution >= 4 is 0 Å². The fourth-order valence-corrected chi connectivity index (χ4v) is 11.0. The molecule has 0 spiro atoms. The second kappa shape index (κ2) is 11.1. The maximum atomic E-state index is 10.6. The van der Waals surface area contributed by atoms with E-state index in [-0.39, 0.29) is 5.60 Å². The van der Waals surface area contributed by atoms with Gasteiger partial charge in [0, 0.05) is 0 Å². The molecule has 0 aromatic heterocycles. The summed E-state index contributed by atoms with van der Waals surface area (Å²) in [6.07, 6.45) is 10.9. The van der Waals surface area contributed by atoms with Crippen LogP contribution in [0.3, 0.4) is 0 Å². The predicted octanol–water partition coefficient (Wildman–Crippen LogP) is 6.71. The molecule has 5 fully saturated rings. The Kier molecular flexibility index (Phi) is 8.64. The minimum atomic E-state index is -1.12. The number of rotatable bonds is 8. The zero-order chi connectivity index (χ0) is 28.3. The van der Waals surface area contributed by atoms with Gasteiger partial charge in [-0.1, -0.05) is 53.9 Å². The zero-order valence-corrected chi connectivity index (χ0v) is 26.1. The number of aliphatic hydroxyl groups is 3. The molecule has 0 unspecified atom stereocenters. The van der Waals surface area contributed by atoms with Gasteiger partial charge >= 0.3 is 0 Å². The molecule has 39 heavy (non-hydrogen) atoms. The topological polar surface area (TPSA) is 79.2 Å². The molecule has 1 heterocycles. The highest BCUT2D eigenvalue weighted by molar-refractivity contribution is 5.11. The summed E-state index contributed by atoms with van der Waals surface area (Å²) in [5.41, 5.74) is 0.527. The minimum absolute atomic E-state index is 0.366. The van der Waals surface area contributed by atoms with Crippen LogP contribution < -0.4 is 0 Å². The number of hydrogen-bond acceptors (Lipinski definition) is 5. The van der Waals surface area contributed by atoms with Crippen LogP contribution in [-0.4, -0.2) is 51.6 Å². The second-order valence-corrected chi connectivity index (χ2v) is 16.2. The first-order valence-corrected chi connectivity index (χ1v) is 16.7. The molecule has 0 radical (unpaired) electrons. The van der Waals surface area contributed by atoms with E-state index < -0.39 is 30.7 Å². The van der Waals surface area contributed by atoms with Gasteiger partial charge in [-0.3, -0.25) is 0 Å². The second-order valence-electron chi connectivity index (χ2n) is 16.2. The first kappa shape index (κ1) is 30.3. The van der Waals surface area contributed by atoms with Crippen LogP contribution in [0.2, 0.25) is 0 Å². The van der Waals surface area contributed by atoms with Crippen molar-refractivity contribution in [2.24, 2.45) is 52.3 Å². The zero-order valence-electron chi connectivity index (χ0n) is 26.1. The molecule has 0 bridgehead atoms. The molecular formula is C34H60O5. The molecule has 0 aromatic carbocycles. The number of hydrogen-bond donors (Lipinski definition) is 3. The van der Waals surface area contributed by atoms with E-state index in [1.54, 1.807) is 6.92 Å². The van der Waals surface area contributed by atoms with Crippen molar-refractivity contribution in [3.05, 3.63) is 0 Å². The fraction of sp³-hybridized carbons (Fsp3) is 1.00. The van der Waals surface area contributed by atoms with Crippen LogP contribution in [0.5, 0.6) is 0 Å². The molecule has 0 amide bonds. The van der Waals surface area contributed by atoms with Crippen molar-refractivity contribution in [1.29, 1.82) is 0 Å². The van der Waals surface area contributed by atoms with Crippen LogP contribution in [0, 0.1) is 52.3 Å². The molecule has 5 nitrogen and oxygen atoms in total. The standard InChI is InChI=1S/C34H60O5/c1-20(2)9-8-10-21(3)25-13-14-26-24-12-11-23-19-32(5,39-31-29(37)28(36)30(38-31)22(4)35)17-18-33(23,6)27(24)15-16-34(25,26)7/h20-31,35-37H,8-19H2,1-7H3/t21-,22+,23+,24+,25-,26+,27+,28+,29+,30-,31-,32+,33+,34-/m1/s1. The lowest BCUT2D eigenvalue weighted by Crippen LogP contribution is -2.56. The van der Waals surface area contributed by atoms with Crippen molar-refractivity contribution < 1.29 is 24.8 Å². The normalized spacial score (nSPS) is 51.3. The summed E-state index contributed by atoms with van der Waals surface area (Å²) in [5.74, 6) is 5.82. The molecule has 1 saturated heterocycles. The third-order valence-corrected chi connectivity index (χ3v) is 13.3. The highest BCUT2D eigenvalue weighted by atomic mass is 16.7. The number of ether oxygens (including phenoxy) is 2. The molecule has 0 aromatic rings. The molecule has 5 heteroatoms. The summed E-state index contributed by atoms with van der Waals surface area (Å²) < 4.78 is 12.3. The summed E-state index contributed by atoms with van der Waals surface area (Å²) in [6, 6.07) is 0. The van der Waals surface area contributed by atoms with Gasteiger partial charge in [-0.2, -0.15) is 0 Å².